The molecule has 0 aliphatic rings. The van der Waals surface area contributed by atoms with Crippen molar-refractivity contribution < 1.29 is 14.6 Å². The SMILES string of the molecule is COc1ccc2c(-c3c(O)ccc4ccccc34)c(NC(=O)c3ccccc3)ccc2c1. The molecule has 4 nitrogen and oxygen atoms in total. The zero-order chi connectivity index (χ0) is 22.1. The Labute approximate surface area is 185 Å². The van der Waals surface area contributed by atoms with Gasteiger partial charge in [-0.1, -0.05) is 54.6 Å². The fourth-order valence-corrected chi connectivity index (χ4v) is 4.12. The summed E-state index contributed by atoms with van der Waals surface area (Å²) in [7, 11) is 1.63. The van der Waals surface area contributed by atoms with Crippen molar-refractivity contribution in [2.45, 2.75) is 0 Å². The van der Waals surface area contributed by atoms with Gasteiger partial charge in [0.1, 0.15) is 11.5 Å². The van der Waals surface area contributed by atoms with Gasteiger partial charge in [-0.25, -0.2) is 0 Å². The number of phenols is 1. The Morgan fingerprint density at radius 1 is 0.750 bits per heavy atom. The predicted molar refractivity (Wildman–Crippen MR) is 130 cm³/mol. The smallest absolute Gasteiger partial charge is 0.255 e. The third-order valence-corrected chi connectivity index (χ3v) is 5.67. The van der Waals surface area contributed by atoms with Crippen LogP contribution in [0.1, 0.15) is 10.4 Å². The Morgan fingerprint density at radius 2 is 1.47 bits per heavy atom. The van der Waals surface area contributed by atoms with Crippen LogP contribution < -0.4 is 10.1 Å². The van der Waals surface area contributed by atoms with Crippen LogP contribution in [0.25, 0.3) is 32.7 Å². The number of hydrogen-bond acceptors (Lipinski definition) is 3. The Morgan fingerprint density at radius 3 is 2.28 bits per heavy atom. The second-order valence-electron chi connectivity index (χ2n) is 7.58. The molecule has 0 bridgehead atoms. The minimum atomic E-state index is -0.209. The molecule has 0 aliphatic heterocycles. The van der Waals surface area contributed by atoms with Gasteiger partial charge in [0, 0.05) is 22.4 Å². The van der Waals surface area contributed by atoms with Crippen molar-refractivity contribution in [2.75, 3.05) is 12.4 Å². The van der Waals surface area contributed by atoms with Gasteiger partial charge < -0.3 is 15.2 Å². The van der Waals surface area contributed by atoms with E-state index in [1.165, 1.54) is 0 Å². The zero-order valence-corrected chi connectivity index (χ0v) is 17.5. The zero-order valence-electron chi connectivity index (χ0n) is 17.5. The van der Waals surface area contributed by atoms with Gasteiger partial charge in [0.25, 0.3) is 5.91 Å². The lowest BCUT2D eigenvalue weighted by atomic mass is 9.91. The predicted octanol–water partition coefficient (Wildman–Crippen LogP) is 6.63. The molecule has 0 saturated heterocycles. The van der Waals surface area contributed by atoms with E-state index < -0.39 is 0 Å². The number of carbonyl (C=O) groups excluding carboxylic acids is 1. The normalized spacial score (nSPS) is 10.9. The van der Waals surface area contributed by atoms with Crippen LogP contribution in [0.5, 0.6) is 11.5 Å². The minimum Gasteiger partial charge on any atom is -0.507 e. The number of amides is 1. The second kappa shape index (κ2) is 8.08. The van der Waals surface area contributed by atoms with E-state index >= 15 is 0 Å². The molecule has 0 aromatic heterocycles. The van der Waals surface area contributed by atoms with Crippen LogP contribution in [0.4, 0.5) is 5.69 Å². The summed E-state index contributed by atoms with van der Waals surface area (Å²) in [5, 5.41) is 17.8. The number of fused-ring (bicyclic) bond motifs is 2. The van der Waals surface area contributed by atoms with E-state index in [9.17, 15) is 9.90 Å². The molecular weight excluding hydrogens is 398 g/mol. The standard InChI is InChI=1S/C28H21NO3/c1-32-21-13-14-23-20(17-21)11-15-24(29-28(31)19-8-3-2-4-9-19)26(23)27-22-10-6-5-7-18(22)12-16-25(27)30/h2-17,30H,1H3,(H,29,31). The summed E-state index contributed by atoms with van der Waals surface area (Å²) in [6.45, 7) is 0. The van der Waals surface area contributed by atoms with Gasteiger partial charge in [0.05, 0.1) is 7.11 Å². The number of aromatic hydroxyl groups is 1. The highest BCUT2D eigenvalue weighted by molar-refractivity contribution is 6.15. The lowest BCUT2D eigenvalue weighted by Crippen LogP contribution is -2.12. The summed E-state index contributed by atoms with van der Waals surface area (Å²) < 4.78 is 5.40. The first-order chi connectivity index (χ1) is 15.7. The van der Waals surface area contributed by atoms with E-state index in [2.05, 4.69) is 5.32 Å². The van der Waals surface area contributed by atoms with Gasteiger partial charge in [-0.3, -0.25) is 4.79 Å². The molecule has 156 valence electrons. The maximum Gasteiger partial charge on any atom is 0.255 e. The summed E-state index contributed by atoms with van der Waals surface area (Å²) in [5.74, 6) is 0.688. The molecule has 0 radical (unpaired) electrons. The highest BCUT2D eigenvalue weighted by Crippen LogP contribution is 2.44. The van der Waals surface area contributed by atoms with Gasteiger partial charge >= 0.3 is 0 Å². The molecule has 0 aliphatic carbocycles. The van der Waals surface area contributed by atoms with Crippen molar-refractivity contribution >= 4 is 33.1 Å². The Bertz CT molecular complexity index is 1460. The summed E-state index contributed by atoms with van der Waals surface area (Å²) in [6.07, 6.45) is 0. The van der Waals surface area contributed by atoms with Crippen LogP contribution in [0.2, 0.25) is 0 Å². The molecule has 0 atom stereocenters. The fraction of sp³-hybridized carbons (Fsp3) is 0.0357. The first kappa shape index (κ1) is 19.6. The Kier molecular flexibility index (Phi) is 4.96. The highest BCUT2D eigenvalue weighted by atomic mass is 16.5. The van der Waals surface area contributed by atoms with Crippen molar-refractivity contribution in [3.05, 3.63) is 103 Å². The van der Waals surface area contributed by atoms with Crippen molar-refractivity contribution in [2.24, 2.45) is 0 Å². The minimum absolute atomic E-state index is 0.155. The number of hydrogen-bond donors (Lipinski definition) is 2. The van der Waals surface area contributed by atoms with Gasteiger partial charge in [-0.2, -0.15) is 0 Å². The number of phenolic OH excluding ortho intramolecular Hbond substituents is 1. The fourth-order valence-electron chi connectivity index (χ4n) is 4.12. The first-order valence-corrected chi connectivity index (χ1v) is 10.3. The monoisotopic (exact) mass is 419 g/mol. The number of anilines is 1. The van der Waals surface area contributed by atoms with Crippen molar-refractivity contribution in [3.8, 4) is 22.6 Å². The van der Waals surface area contributed by atoms with E-state index in [0.29, 0.717) is 16.8 Å². The number of ether oxygens (including phenoxy) is 1. The maximum absolute atomic E-state index is 13.0. The number of methoxy groups -OCH3 is 1. The molecule has 0 unspecified atom stereocenters. The Hall–Kier alpha value is -4.31. The van der Waals surface area contributed by atoms with E-state index in [1.54, 1.807) is 25.3 Å². The third-order valence-electron chi connectivity index (χ3n) is 5.67. The molecule has 5 aromatic carbocycles. The summed E-state index contributed by atoms with van der Waals surface area (Å²) in [4.78, 5) is 13.0. The molecule has 0 heterocycles. The first-order valence-electron chi connectivity index (χ1n) is 10.3. The molecule has 0 spiro atoms. The van der Waals surface area contributed by atoms with E-state index in [0.717, 1.165) is 32.9 Å². The molecule has 4 heteroatoms. The van der Waals surface area contributed by atoms with Crippen LogP contribution in [0.3, 0.4) is 0 Å². The van der Waals surface area contributed by atoms with E-state index in [-0.39, 0.29) is 11.7 Å². The van der Waals surface area contributed by atoms with Gasteiger partial charge in [-0.15, -0.1) is 0 Å². The van der Waals surface area contributed by atoms with Crippen LogP contribution >= 0.6 is 0 Å². The lowest BCUT2D eigenvalue weighted by Gasteiger charge is -2.18. The van der Waals surface area contributed by atoms with E-state index in [4.69, 9.17) is 4.74 Å². The highest BCUT2D eigenvalue weighted by Gasteiger charge is 2.19. The van der Waals surface area contributed by atoms with Crippen LogP contribution in [-0.4, -0.2) is 18.1 Å². The van der Waals surface area contributed by atoms with Gasteiger partial charge in [-0.05, 0) is 64.0 Å². The van der Waals surface area contributed by atoms with E-state index in [1.807, 2.05) is 78.9 Å². The summed E-state index contributed by atoms with van der Waals surface area (Å²) >= 11 is 0. The molecule has 1 amide bonds. The molecule has 0 fully saturated rings. The molecule has 2 N–H and O–H groups in total. The topological polar surface area (TPSA) is 58.6 Å². The molecule has 5 aromatic rings. The summed E-state index contributed by atoms with van der Waals surface area (Å²) in [5.41, 5.74) is 2.64. The molecular formula is C28H21NO3. The van der Waals surface area contributed by atoms with Crippen LogP contribution in [0, 0.1) is 0 Å². The second-order valence-corrected chi connectivity index (χ2v) is 7.58. The Balaban J connectivity index is 1.79. The molecule has 5 rings (SSSR count). The lowest BCUT2D eigenvalue weighted by molar-refractivity contribution is 0.102. The van der Waals surface area contributed by atoms with Gasteiger partial charge in [0.2, 0.25) is 0 Å². The number of benzene rings is 5. The van der Waals surface area contributed by atoms with Crippen molar-refractivity contribution in [1.29, 1.82) is 0 Å². The molecule has 0 saturated carbocycles. The van der Waals surface area contributed by atoms with Crippen LogP contribution in [0.15, 0.2) is 97.1 Å². The third kappa shape index (κ3) is 3.42. The average Bonchev–Trinajstić information content (AvgIpc) is 2.84. The van der Waals surface area contributed by atoms with Crippen LogP contribution in [-0.2, 0) is 0 Å². The quantitative estimate of drug-likeness (QED) is 0.344. The summed E-state index contributed by atoms with van der Waals surface area (Å²) in [6, 6.07) is 30.2. The molecule has 32 heavy (non-hydrogen) atoms. The maximum atomic E-state index is 13.0. The number of rotatable bonds is 4. The van der Waals surface area contributed by atoms with Crippen molar-refractivity contribution in [3.63, 3.8) is 0 Å². The van der Waals surface area contributed by atoms with Crippen molar-refractivity contribution in [1.82, 2.24) is 0 Å². The number of nitrogens with one attached hydrogen (secondary N) is 1. The average molecular weight is 419 g/mol. The number of carbonyl (C=O) groups is 1. The van der Waals surface area contributed by atoms with Gasteiger partial charge in [0.15, 0.2) is 0 Å². The largest absolute Gasteiger partial charge is 0.507 e.